The molecular formula is C19H20N4O4S. The third-order valence-electron chi connectivity index (χ3n) is 4.28. The minimum atomic E-state index is -4.09. The summed E-state index contributed by atoms with van der Waals surface area (Å²) in [7, 11) is -4.09. The number of imidazole rings is 1. The molecule has 0 saturated carbocycles. The van der Waals surface area contributed by atoms with Crippen molar-refractivity contribution in [2.24, 2.45) is 5.73 Å². The summed E-state index contributed by atoms with van der Waals surface area (Å²) in [5.41, 5.74) is 8.41. The van der Waals surface area contributed by atoms with Crippen LogP contribution in [-0.4, -0.2) is 35.5 Å². The highest BCUT2D eigenvalue weighted by molar-refractivity contribution is 7.92. The van der Waals surface area contributed by atoms with Gasteiger partial charge in [-0.15, -0.1) is 0 Å². The number of sulfone groups is 1. The number of primary amides is 1. The molecule has 1 heterocycles. The van der Waals surface area contributed by atoms with Gasteiger partial charge in [0, 0.05) is 5.69 Å². The van der Waals surface area contributed by atoms with Crippen molar-refractivity contribution >= 4 is 38.4 Å². The van der Waals surface area contributed by atoms with Crippen LogP contribution in [0.15, 0.2) is 47.6 Å². The lowest BCUT2D eigenvalue weighted by molar-refractivity contribution is -0.117. The topological polar surface area (TPSA) is 124 Å². The number of hydrogen-bond donors (Lipinski definition) is 2. The van der Waals surface area contributed by atoms with Gasteiger partial charge in [-0.1, -0.05) is 30.3 Å². The predicted octanol–water partition coefficient (Wildman–Crippen LogP) is 1.55. The molecule has 2 aromatic carbocycles. The summed E-state index contributed by atoms with van der Waals surface area (Å²) in [6.07, 6.45) is 0. The van der Waals surface area contributed by atoms with Gasteiger partial charge in [0.2, 0.25) is 26.8 Å². The van der Waals surface area contributed by atoms with E-state index in [9.17, 15) is 18.0 Å². The minimum Gasteiger partial charge on any atom is -0.369 e. The second-order valence-electron chi connectivity index (χ2n) is 6.51. The van der Waals surface area contributed by atoms with Crippen molar-refractivity contribution in [1.29, 1.82) is 0 Å². The quantitative estimate of drug-likeness (QED) is 0.650. The summed E-state index contributed by atoms with van der Waals surface area (Å²) in [4.78, 5) is 28.0. The maximum Gasteiger partial charge on any atom is 0.244 e. The molecule has 1 aromatic heterocycles. The highest BCUT2D eigenvalue weighted by Crippen LogP contribution is 2.22. The summed E-state index contributed by atoms with van der Waals surface area (Å²) >= 11 is 0. The Bertz CT molecular complexity index is 1160. The van der Waals surface area contributed by atoms with E-state index in [1.807, 2.05) is 32.0 Å². The molecule has 28 heavy (non-hydrogen) atoms. The Morgan fingerprint density at radius 1 is 1.07 bits per heavy atom. The van der Waals surface area contributed by atoms with E-state index in [0.29, 0.717) is 16.7 Å². The summed E-state index contributed by atoms with van der Waals surface area (Å²) in [5.74, 6) is -2.27. The zero-order valence-electron chi connectivity index (χ0n) is 15.5. The van der Waals surface area contributed by atoms with Crippen LogP contribution < -0.4 is 11.1 Å². The van der Waals surface area contributed by atoms with Gasteiger partial charge in [-0.05, 0) is 37.1 Å². The van der Waals surface area contributed by atoms with E-state index in [-0.39, 0.29) is 11.7 Å². The number of amides is 2. The van der Waals surface area contributed by atoms with Crippen LogP contribution in [-0.2, 0) is 26.0 Å². The number of benzene rings is 2. The zero-order valence-corrected chi connectivity index (χ0v) is 16.3. The van der Waals surface area contributed by atoms with Crippen molar-refractivity contribution in [2.75, 3.05) is 11.1 Å². The van der Waals surface area contributed by atoms with Gasteiger partial charge < -0.3 is 15.6 Å². The third-order valence-corrected chi connectivity index (χ3v) is 5.81. The lowest BCUT2D eigenvalue weighted by atomic mass is 10.1. The maximum absolute atomic E-state index is 12.7. The van der Waals surface area contributed by atoms with Crippen molar-refractivity contribution in [3.05, 3.63) is 53.6 Å². The lowest BCUT2D eigenvalue weighted by Gasteiger charge is -2.13. The van der Waals surface area contributed by atoms with E-state index in [2.05, 4.69) is 10.3 Å². The van der Waals surface area contributed by atoms with E-state index >= 15 is 0 Å². The van der Waals surface area contributed by atoms with Crippen LogP contribution in [0.3, 0.4) is 0 Å². The summed E-state index contributed by atoms with van der Waals surface area (Å²) in [6.45, 7) is 3.47. The van der Waals surface area contributed by atoms with E-state index in [0.717, 1.165) is 11.1 Å². The monoisotopic (exact) mass is 400 g/mol. The number of para-hydroxylation sites is 3. The summed E-state index contributed by atoms with van der Waals surface area (Å²) in [6, 6.07) is 12.4. The molecule has 0 fully saturated rings. The number of hydrogen-bond acceptors (Lipinski definition) is 5. The second-order valence-corrected chi connectivity index (χ2v) is 8.39. The number of nitrogens with one attached hydrogen (secondary N) is 1. The maximum atomic E-state index is 12.7. The van der Waals surface area contributed by atoms with Gasteiger partial charge in [0.15, 0.2) is 0 Å². The van der Waals surface area contributed by atoms with Crippen LogP contribution in [0, 0.1) is 13.8 Å². The average Bonchev–Trinajstić information content (AvgIpc) is 2.97. The number of fused-ring (bicyclic) bond motifs is 1. The normalized spacial score (nSPS) is 11.5. The first-order chi connectivity index (χ1) is 13.2. The smallest absolute Gasteiger partial charge is 0.244 e. The SMILES string of the molecule is Cc1cccc(C)c1NC(=O)Cn1c(S(=O)(=O)CC(N)=O)nc2ccccc21. The van der Waals surface area contributed by atoms with Gasteiger partial charge in [-0.2, -0.15) is 0 Å². The van der Waals surface area contributed by atoms with Gasteiger partial charge in [0.25, 0.3) is 0 Å². The van der Waals surface area contributed by atoms with Gasteiger partial charge in [-0.3, -0.25) is 9.59 Å². The molecule has 0 aliphatic carbocycles. The van der Waals surface area contributed by atoms with Crippen LogP contribution in [0.5, 0.6) is 0 Å². The predicted molar refractivity (Wildman–Crippen MR) is 106 cm³/mol. The largest absolute Gasteiger partial charge is 0.369 e. The van der Waals surface area contributed by atoms with Crippen molar-refractivity contribution in [2.45, 2.75) is 25.5 Å². The minimum absolute atomic E-state index is 0.276. The average molecular weight is 400 g/mol. The first-order valence-corrected chi connectivity index (χ1v) is 10.2. The fraction of sp³-hybridized carbons (Fsp3) is 0.211. The number of aromatic nitrogens is 2. The molecule has 0 unspecified atom stereocenters. The number of anilines is 1. The molecule has 0 aliphatic heterocycles. The molecule has 0 radical (unpaired) electrons. The Morgan fingerprint density at radius 2 is 1.71 bits per heavy atom. The molecule has 0 bridgehead atoms. The Morgan fingerprint density at radius 3 is 2.36 bits per heavy atom. The first-order valence-electron chi connectivity index (χ1n) is 8.51. The molecular weight excluding hydrogens is 380 g/mol. The fourth-order valence-electron chi connectivity index (χ4n) is 3.03. The molecule has 9 heteroatoms. The van der Waals surface area contributed by atoms with E-state index in [1.165, 1.54) is 4.57 Å². The van der Waals surface area contributed by atoms with E-state index < -0.39 is 27.4 Å². The van der Waals surface area contributed by atoms with E-state index in [1.54, 1.807) is 24.3 Å². The zero-order chi connectivity index (χ0) is 20.5. The number of carbonyl (C=O) groups is 2. The molecule has 0 aliphatic rings. The van der Waals surface area contributed by atoms with Crippen LogP contribution in [0.25, 0.3) is 11.0 Å². The third kappa shape index (κ3) is 3.89. The number of rotatable bonds is 6. The van der Waals surface area contributed by atoms with Gasteiger partial charge in [0.1, 0.15) is 12.3 Å². The van der Waals surface area contributed by atoms with Crippen LogP contribution in [0.2, 0.25) is 0 Å². The van der Waals surface area contributed by atoms with E-state index in [4.69, 9.17) is 5.73 Å². The molecule has 2 amide bonds. The van der Waals surface area contributed by atoms with Crippen LogP contribution in [0.1, 0.15) is 11.1 Å². The molecule has 146 valence electrons. The summed E-state index contributed by atoms with van der Waals surface area (Å²) in [5, 5.41) is 2.47. The fourth-order valence-corrected chi connectivity index (χ4v) is 4.27. The molecule has 3 aromatic rings. The van der Waals surface area contributed by atoms with Crippen LogP contribution >= 0.6 is 0 Å². The van der Waals surface area contributed by atoms with Gasteiger partial charge >= 0.3 is 0 Å². The molecule has 0 atom stereocenters. The molecule has 3 N–H and O–H groups in total. The number of nitrogens with two attached hydrogens (primary N) is 1. The second kappa shape index (κ2) is 7.43. The van der Waals surface area contributed by atoms with Gasteiger partial charge in [-0.25, -0.2) is 13.4 Å². The van der Waals surface area contributed by atoms with Crippen molar-refractivity contribution in [1.82, 2.24) is 9.55 Å². The Balaban J connectivity index is 2.01. The first kappa shape index (κ1) is 19.6. The molecule has 8 nitrogen and oxygen atoms in total. The van der Waals surface area contributed by atoms with Crippen molar-refractivity contribution in [3.63, 3.8) is 0 Å². The number of nitrogens with zero attached hydrogens (tertiary/aromatic N) is 2. The van der Waals surface area contributed by atoms with Crippen LogP contribution in [0.4, 0.5) is 5.69 Å². The summed E-state index contributed by atoms with van der Waals surface area (Å²) < 4.78 is 26.4. The Kier molecular flexibility index (Phi) is 5.19. The van der Waals surface area contributed by atoms with Gasteiger partial charge in [0.05, 0.1) is 11.0 Å². The molecule has 3 rings (SSSR count). The van der Waals surface area contributed by atoms with Crippen molar-refractivity contribution < 1.29 is 18.0 Å². The lowest BCUT2D eigenvalue weighted by Crippen LogP contribution is -2.27. The molecule has 0 spiro atoms. The van der Waals surface area contributed by atoms with Crippen molar-refractivity contribution in [3.8, 4) is 0 Å². The number of aryl methyl sites for hydroxylation is 2. The Hall–Kier alpha value is -3.20. The Labute approximate surface area is 162 Å². The standard InChI is InChI=1S/C19H20N4O4S/c1-12-6-5-7-13(2)18(12)22-17(25)10-23-15-9-4-3-8-14(15)21-19(23)28(26,27)11-16(20)24/h3-9H,10-11H2,1-2H3,(H2,20,24)(H,22,25). The highest BCUT2D eigenvalue weighted by atomic mass is 32.2. The molecule has 0 saturated heterocycles. The highest BCUT2D eigenvalue weighted by Gasteiger charge is 2.26. The number of carbonyl (C=O) groups excluding carboxylic acids is 2.